The quantitative estimate of drug-likeness (QED) is 0.565. The van der Waals surface area contributed by atoms with E-state index in [1.807, 2.05) is 0 Å². The van der Waals surface area contributed by atoms with E-state index in [1.54, 1.807) is 41.5 Å². The first-order valence-corrected chi connectivity index (χ1v) is 5.93. The molecule has 0 amide bonds. The van der Waals surface area contributed by atoms with Crippen molar-refractivity contribution in [3.05, 3.63) is 0 Å². The molecule has 0 unspecified atom stereocenters. The van der Waals surface area contributed by atoms with E-state index in [1.165, 1.54) is 0 Å². The van der Waals surface area contributed by atoms with Crippen LogP contribution in [0.15, 0.2) is 0 Å². The first-order valence-electron chi connectivity index (χ1n) is 5.93. The molecule has 0 aliphatic rings. The number of hydrogen-bond donors (Lipinski definition) is 0. The molecule has 100 valence electrons. The molecule has 3 nitrogen and oxygen atoms in total. The lowest BCUT2D eigenvalue weighted by Gasteiger charge is -2.27. The molecule has 0 aromatic carbocycles. The minimum atomic E-state index is -0.680. The largest absolute Gasteiger partial charge is 0.509 e. The van der Waals surface area contributed by atoms with Gasteiger partial charge in [-0.3, -0.25) is 0 Å². The van der Waals surface area contributed by atoms with Crippen molar-refractivity contribution >= 4 is 6.16 Å². The molecule has 3 heteroatoms. The summed E-state index contributed by atoms with van der Waals surface area (Å²) in [6, 6.07) is 0. The van der Waals surface area contributed by atoms with Gasteiger partial charge < -0.3 is 9.47 Å². The average molecular weight is 250 g/mol. The van der Waals surface area contributed by atoms with E-state index in [2.05, 4.69) is 23.7 Å². The molecule has 0 rings (SSSR count). The van der Waals surface area contributed by atoms with Crippen LogP contribution in [-0.2, 0) is 9.47 Å². The molecule has 0 N–H and O–H groups in total. The second-order valence-corrected chi connectivity index (χ2v) is 5.18. The minimum absolute atomic E-state index is 0.480. The summed E-state index contributed by atoms with van der Waals surface area (Å²) in [5, 5.41) is 0. The molecule has 0 heterocycles. The number of ether oxygens (including phenoxy) is 2. The molecule has 0 aromatic rings. The Kier molecular flexibility index (Phi) is 6.34. The second kappa shape index (κ2) is 6.97. The molecule has 0 aromatic heterocycles. The van der Waals surface area contributed by atoms with Gasteiger partial charge in [0.1, 0.15) is 11.2 Å². The number of hydrogen-bond acceptors (Lipinski definition) is 3. The van der Waals surface area contributed by atoms with Crippen LogP contribution in [0.1, 0.15) is 54.4 Å². The number of carbonyl (C=O) groups excluding carboxylic acids is 1. The molecule has 0 saturated heterocycles. The van der Waals surface area contributed by atoms with Gasteiger partial charge >= 0.3 is 6.16 Å². The fourth-order valence-electron chi connectivity index (χ4n) is 1.15. The van der Waals surface area contributed by atoms with E-state index in [9.17, 15) is 4.79 Å². The maximum atomic E-state index is 11.7. The van der Waals surface area contributed by atoms with Crippen LogP contribution in [0.5, 0.6) is 0 Å². The Morgan fingerprint density at radius 1 is 0.889 bits per heavy atom. The van der Waals surface area contributed by atoms with Gasteiger partial charge in [-0.25, -0.2) is 4.79 Å². The maximum Gasteiger partial charge on any atom is 0.509 e. The van der Waals surface area contributed by atoms with E-state index in [4.69, 9.17) is 9.47 Å². The molecule has 0 saturated carbocycles. The zero-order valence-electron chi connectivity index (χ0n) is 12.1. The Morgan fingerprint density at radius 2 is 1.22 bits per heavy atom. The van der Waals surface area contributed by atoms with Crippen molar-refractivity contribution in [2.75, 3.05) is 0 Å². The highest BCUT2D eigenvalue weighted by Crippen LogP contribution is 2.19. The first kappa shape index (κ1) is 16.4. The van der Waals surface area contributed by atoms with Crippen LogP contribution in [0.3, 0.4) is 0 Å². The van der Waals surface area contributed by atoms with Crippen molar-refractivity contribution in [1.29, 1.82) is 0 Å². The van der Waals surface area contributed by atoms with E-state index in [-0.39, 0.29) is 0 Å². The molecule has 0 aliphatic carbocycles. The highest BCUT2D eigenvalue weighted by Gasteiger charge is 2.28. The lowest BCUT2D eigenvalue weighted by molar-refractivity contribution is -0.0554. The third kappa shape index (κ3) is 7.63. The molecular formula is C15H22O3. The van der Waals surface area contributed by atoms with Gasteiger partial charge in [0.2, 0.25) is 0 Å². The summed E-state index contributed by atoms with van der Waals surface area (Å²) in [6.07, 6.45) is 0.280. The van der Waals surface area contributed by atoms with Crippen LogP contribution in [0.2, 0.25) is 0 Å². The van der Waals surface area contributed by atoms with Gasteiger partial charge in [0, 0.05) is 12.8 Å². The molecular weight excluding hydrogens is 228 g/mol. The Balaban J connectivity index is 4.39. The van der Waals surface area contributed by atoms with Crippen LogP contribution < -0.4 is 0 Å². The van der Waals surface area contributed by atoms with Gasteiger partial charge in [0.05, 0.1) is 0 Å². The number of carbonyl (C=O) groups is 1. The van der Waals surface area contributed by atoms with Crippen LogP contribution in [-0.4, -0.2) is 17.4 Å². The number of rotatable bonds is 4. The molecule has 0 fully saturated rings. The van der Waals surface area contributed by atoms with Crippen molar-refractivity contribution in [3.8, 4) is 23.7 Å². The SMILES string of the molecule is CC#CCC(C)(C)OC(=O)OC(C)(C)CC#CC. The van der Waals surface area contributed by atoms with Crippen molar-refractivity contribution in [3.63, 3.8) is 0 Å². The zero-order chi connectivity index (χ0) is 14.2. The molecule has 0 atom stereocenters. The van der Waals surface area contributed by atoms with Gasteiger partial charge in [-0.05, 0) is 41.5 Å². The van der Waals surface area contributed by atoms with E-state index < -0.39 is 17.4 Å². The van der Waals surface area contributed by atoms with Crippen LogP contribution in [0.4, 0.5) is 4.79 Å². The van der Waals surface area contributed by atoms with E-state index in [0.29, 0.717) is 12.8 Å². The van der Waals surface area contributed by atoms with Gasteiger partial charge in [-0.15, -0.1) is 11.8 Å². The Hall–Kier alpha value is -1.61. The predicted molar refractivity (Wildman–Crippen MR) is 71.9 cm³/mol. The van der Waals surface area contributed by atoms with E-state index in [0.717, 1.165) is 0 Å². The van der Waals surface area contributed by atoms with Crippen LogP contribution in [0.25, 0.3) is 0 Å². The Bertz CT molecular complexity index is 359. The maximum absolute atomic E-state index is 11.7. The van der Waals surface area contributed by atoms with Gasteiger partial charge in [-0.2, -0.15) is 0 Å². The smallest absolute Gasteiger partial charge is 0.427 e. The monoisotopic (exact) mass is 250 g/mol. The van der Waals surface area contributed by atoms with E-state index >= 15 is 0 Å². The summed E-state index contributed by atoms with van der Waals surface area (Å²) >= 11 is 0. The third-order valence-corrected chi connectivity index (χ3v) is 2.10. The molecule has 0 bridgehead atoms. The Labute approximate surface area is 110 Å². The topological polar surface area (TPSA) is 35.5 Å². The Morgan fingerprint density at radius 3 is 1.50 bits per heavy atom. The predicted octanol–water partition coefficient (Wildman–Crippen LogP) is 3.52. The fourth-order valence-corrected chi connectivity index (χ4v) is 1.15. The fraction of sp³-hybridized carbons (Fsp3) is 0.667. The minimum Gasteiger partial charge on any atom is -0.427 e. The van der Waals surface area contributed by atoms with Crippen molar-refractivity contribution in [2.45, 2.75) is 65.6 Å². The zero-order valence-corrected chi connectivity index (χ0v) is 12.1. The molecule has 18 heavy (non-hydrogen) atoms. The highest BCUT2D eigenvalue weighted by molar-refractivity contribution is 5.61. The van der Waals surface area contributed by atoms with Gasteiger partial charge in [-0.1, -0.05) is 11.8 Å². The summed E-state index contributed by atoms with van der Waals surface area (Å²) in [4.78, 5) is 11.7. The first-order chi connectivity index (χ1) is 8.22. The van der Waals surface area contributed by atoms with Crippen LogP contribution in [0, 0.1) is 23.7 Å². The van der Waals surface area contributed by atoms with Crippen molar-refractivity contribution < 1.29 is 14.3 Å². The molecule has 0 spiro atoms. The third-order valence-electron chi connectivity index (χ3n) is 2.10. The summed E-state index contributed by atoms with van der Waals surface area (Å²) in [5.74, 6) is 11.3. The van der Waals surface area contributed by atoms with Crippen molar-refractivity contribution in [1.82, 2.24) is 0 Å². The van der Waals surface area contributed by atoms with Gasteiger partial charge in [0.15, 0.2) is 0 Å². The standard InChI is InChI=1S/C15H22O3/c1-7-9-11-14(3,4)17-13(16)18-15(5,6)12-10-8-2/h11-12H2,1-6H3. The summed E-state index contributed by atoms with van der Waals surface area (Å²) in [5.41, 5.74) is -1.29. The normalized spacial score (nSPS) is 10.6. The summed E-state index contributed by atoms with van der Waals surface area (Å²) < 4.78 is 10.5. The van der Waals surface area contributed by atoms with Crippen molar-refractivity contribution in [2.24, 2.45) is 0 Å². The summed E-state index contributed by atoms with van der Waals surface area (Å²) in [6.45, 7) is 10.7. The molecule has 0 radical (unpaired) electrons. The second-order valence-electron chi connectivity index (χ2n) is 5.18. The molecule has 0 aliphatic heterocycles. The average Bonchev–Trinajstić information content (AvgIpc) is 2.22. The van der Waals surface area contributed by atoms with Gasteiger partial charge in [0.25, 0.3) is 0 Å². The van der Waals surface area contributed by atoms with Crippen LogP contribution >= 0.6 is 0 Å². The highest BCUT2D eigenvalue weighted by atomic mass is 16.7. The lowest BCUT2D eigenvalue weighted by Crippen LogP contribution is -2.34. The summed E-state index contributed by atoms with van der Waals surface area (Å²) in [7, 11) is 0. The lowest BCUT2D eigenvalue weighted by atomic mass is 10.1.